The zero-order valence-electron chi connectivity index (χ0n) is 11.0. The van der Waals surface area contributed by atoms with Crippen LogP contribution in [0.5, 0.6) is 0 Å². The Kier molecular flexibility index (Phi) is 3.41. The minimum atomic E-state index is -1.76. The minimum absolute atomic E-state index is 0.137. The topological polar surface area (TPSA) is 42.4 Å². The molecule has 0 N–H and O–H groups in total. The molecule has 108 valence electrons. The van der Waals surface area contributed by atoms with Crippen molar-refractivity contribution < 1.29 is 18.3 Å². The summed E-state index contributed by atoms with van der Waals surface area (Å²) in [6, 6.07) is 2.52. The molecule has 2 heterocycles. The third kappa shape index (κ3) is 2.52. The van der Waals surface area contributed by atoms with Crippen LogP contribution in [0.15, 0.2) is 18.3 Å². The lowest BCUT2D eigenvalue weighted by atomic mass is 10.1. The van der Waals surface area contributed by atoms with Gasteiger partial charge in [-0.3, -0.25) is 9.69 Å². The smallest absolute Gasteiger partial charge is 0.266 e. The zero-order chi connectivity index (χ0) is 14.2. The molecule has 0 bridgehead atoms. The Morgan fingerprint density at radius 1 is 1.35 bits per heavy atom. The second-order valence-corrected chi connectivity index (χ2v) is 5.32. The van der Waals surface area contributed by atoms with Gasteiger partial charge in [-0.1, -0.05) is 0 Å². The summed E-state index contributed by atoms with van der Waals surface area (Å²) in [6.07, 6.45) is 2.84. The van der Waals surface area contributed by atoms with E-state index < -0.39 is 17.4 Å². The molecular weight excluding hydrogens is 266 g/mol. The molecule has 3 rings (SSSR count). The molecule has 0 radical (unpaired) electrons. The van der Waals surface area contributed by atoms with Crippen molar-refractivity contribution >= 4 is 11.7 Å². The molecular formula is C14H16F2N2O2. The second-order valence-electron chi connectivity index (χ2n) is 5.32. The van der Waals surface area contributed by atoms with Gasteiger partial charge in [0.15, 0.2) is 5.67 Å². The number of alkyl halides is 1. The molecule has 1 aromatic rings. The van der Waals surface area contributed by atoms with Crippen LogP contribution in [0.3, 0.4) is 0 Å². The molecule has 2 aliphatic rings. The monoisotopic (exact) mass is 282 g/mol. The number of aromatic nitrogens is 1. The lowest BCUT2D eigenvalue weighted by molar-refractivity contribution is -0.125. The summed E-state index contributed by atoms with van der Waals surface area (Å²) in [4.78, 5) is 17.7. The first kappa shape index (κ1) is 13.4. The lowest BCUT2D eigenvalue weighted by Crippen LogP contribution is -2.48. The third-order valence-electron chi connectivity index (χ3n) is 3.81. The van der Waals surface area contributed by atoms with Crippen LogP contribution in [0.1, 0.15) is 25.7 Å². The first-order valence-corrected chi connectivity index (χ1v) is 6.82. The number of hydrogen-bond acceptors (Lipinski definition) is 3. The third-order valence-corrected chi connectivity index (χ3v) is 3.81. The van der Waals surface area contributed by atoms with Gasteiger partial charge in [0, 0.05) is 19.3 Å². The fourth-order valence-corrected chi connectivity index (χ4v) is 2.45. The summed E-state index contributed by atoms with van der Waals surface area (Å²) < 4.78 is 32.4. The largest absolute Gasteiger partial charge is 0.381 e. The number of nitrogens with zero attached hydrogens (tertiary/aromatic N) is 2. The molecule has 0 aromatic carbocycles. The molecule has 2 fully saturated rings. The number of pyridine rings is 1. The van der Waals surface area contributed by atoms with E-state index in [9.17, 15) is 13.6 Å². The van der Waals surface area contributed by atoms with Crippen molar-refractivity contribution in [3.05, 3.63) is 24.1 Å². The van der Waals surface area contributed by atoms with Crippen molar-refractivity contribution in [1.82, 2.24) is 4.98 Å². The number of carbonyl (C=O) groups is 1. The first-order valence-electron chi connectivity index (χ1n) is 6.82. The van der Waals surface area contributed by atoms with E-state index in [2.05, 4.69) is 4.98 Å². The maximum atomic E-state index is 14.1. The molecule has 1 amide bonds. The van der Waals surface area contributed by atoms with Crippen LogP contribution >= 0.6 is 0 Å². The molecule has 6 heteroatoms. The normalized spacial score (nSPS) is 21.5. The van der Waals surface area contributed by atoms with Crippen molar-refractivity contribution in [3.63, 3.8) is 0 Å². The van der Waals surface area contributed by atoms with Crippen LogP contribution in [0.25, 0.3) is 0 Å². The van der Waals surface area contributed by atoms with E-state index in [0.717, 1.165) is 6.20 Å². The van der Waals surface area contributed by atoms with Gasteiger partial charge >= 0.3 is 0 Å². The number of halogens is 2. The van der Waals surface area contributed by atoms with E-state index in [4.69, 9.17) is 4.74 Å². The average Bonchev–Trinajstić information content (AvgIpc) is 3.22. The highest BCUT2D eigenvalue weighted by Gasteiger charge is 2.54. The Labute approximate surface area is 115 Å². The van der Waals surface area contributed by atoms with Crippen LogP contribution in [0.4, 0.5) is 14.6 Å². The summed E-state index contributed by atoms with van der Waals surface area (Å²) in [6.45, 7) is 1.07. The number of rotatable bonds is 3. The van der Waals surface area contributed by atoms with E-state index in [1.807, 2.05) is 0 Å². The Morgan fingerprint density at radius 3 is 2.60 bits per heavy atom. The second kappa shape index (κ2) is 5.09. The van der Waals surface area contributed by atoms with Gasteiger partial charge in [-0.25, -0.2) is 13.8 Å². The Morgan fingerprint density at radius 2 is 2.05 bits per heavy atom. The maximum Gasteiger partial charge on any atom is 0.266 e. The predicted molar refractivity (Wildman–Crippen MR) is 68.6 cm³/mol. The quantitative estimate of drug-likeness (QED) is 0.854. The van der Waals surface area contributed by atoms with Gasteiger partial charge in [-0.05, 0) is 37.8 Å². The fraction of sp³-hybridized carbons (Fsp3) is 0.571. The summed E-state index contributed by atoms with van der Waals surface area (Å²) in [7, 11) is 0. The van der Waals surface area contributed by atoms with Gasteiger partial charge in [0.1, 0.15) is 11.6 Å². The molecule has 1 saturated carbocycles. The Hall–Kier alpha value is -1.56. The highest BCUT2D eigenvalue weighted by atomic mass is 19.1. The maximum absolute atomic E-state index is 14.1. The highest BCUT2D eigenvalue weighted by Crippen LogP contribution is 2.43. The number of carbonyl (C=O) groups excluding carboxylic acids is 1. The molecule has 0 spiro atoms. The molecule has 0 unspecified atom stereocenters. The summed E-state index contributed by atoms with van der Waals surface area (Å²) >= 11 is 0. The Bertz CT molecular complexity index is 496. The van der Waals surface area contributed by atoms with Crippen LogP contribution in [-0.4, -0.2) is 35.8 Å². The van der Waals surface area contributed by atoms with E-state index in [-0.39, 0.29) is 18.9 Å². The van der Waals surface area contributed by atoms with E-state index in [0.29, 0.717) is 31.9 Å². The molecule has 1 saturated heterocycles. The van der Waals surface area contributed by atoms with Crippen LogP contribution in [0.2, 0.25) is 0 Å². The fourth-order valence-electron chi connectivity index (χ4n) is 2.45. The predicted octanol–water partition coefficient (Wildman–Crippen LogP) is 2.23. The average molecular weight is 282 g/mol. The van der Waals surface area contributed by atoms with Crippen molar-refractivity contribution in [1.29, 1.82) is 0 Å². The SMILES string of the molecule is O=C(N(c1ccc(F)cn1)C1CCOCC1)C1(F)CC1. The van der Waals surface area contributed by atoms with E-state index in [1.54, 1.807) is 0 Å². The summed E-state index contributed by atoms with van der Waals surface area (Å²) in [5, 5.41) is 0. The van der Waals surface area contributed by atoms with Crippen molar-refractivity contribution in [2.24, 2.45) is 0 Å². The van der Waals surface area contributed by atoms with Gasteiger partial charge < -0.3 is 4.74 Å². The molecule has 4 nitrogen and oxygen atoms in total. The molecule has 0 atom stereocenters. The number of amides is 1. The van der Waals surface area contributed by atoms with Crippen molar-refractivity contribution in [2.45, 2.75) is 37.4 Å². The number of anilines is 1. The standard InChI is InChI=1S/C14H16F2N2O2/c15-10-1-2-12(17-9-10)18(11-3-7-20-8-4-11)13(19)14(16)5-6-14/h1-2,9,11H,3-8H2. The van der Waals surface area contributed by atoms with Gasteiger partial charge in [0.2, 0.25) is 0 Å². The summed E-state index contributed by atoms with van der Waals surface area (Å²) in [5.74, 6) is -0.717. The first-order chi connectivity index (χ1) is 9.60. The highest BCUT2D eigenvalue weighted by molar-refractivity contribution is 6.01. The van der Waals surface area contributed by atoms with Crippen molar-refractivity contribution in [3.8, 4) is 0 Å². The van der Waals surface area contributed by atoms with Crippen LogP contribution in [0, 0.1) is 5.82 Å². The Balaban J connectivity index is 1.89. The minimum Gasteiger partial charge on any atom is -0.381 e. The van der Waals surface area contributed by atoms with Gasteiger partial charge in [-0.2, -0.15) is 0 Å². The van der Waals surface area contributed by atoms with Crippen molar-refractivity contribution in [2.75, 3.05) is 18.1 Å². The number of hydrogen-bond donors (Lipinski definition) is 0. The molecule has 1 aliphatic carbocycles. The van der Waals surface area contributed by atoms with Gasteiger partial charge in [0.25, 0.3) is 5.91 Å². The van der Waals surface area contributed by atoms with Gasteiger partial charge in [0.05, 0.1) is 6.20 Å². The zero-order valence-corrected chi connectivity index (χ0v) is 11.0. The molecule has 1 aliphatic heterocycles. The van der Waals surface area contributed by atoms with Crippen LogP contribution < -0.4 is 4.90 Å². The molecule has 1 aromatic heterocycles. The van der Waals surface area contributed by atoms with Crippen LogP contribution in [-0.2, 0) is 9.53 Å². The lowest BCUT2D eigenvalue weighted by Gasteiger charge is -2.34. The molecule has 20 heavy (non-hydrogen) atoms. The summed E-state index contributed by atoms with van der Waals surface area (Å²) in [5.41, 5.74) is -1.76. The van der Waals surface area contributed by atoms with E-state index in [1.165, 1.54) is 17.0 Å². The number of ether oxygens (including phenoxy) is 1. The van der Waals surface area contributed by atoms with E-state index >= 15 is 0 Å². The van der Waals surface area contributed by atoms with Gasteiger partial charge in [-0.15, -0.1) is 0 Å².